The van der Waals surface area contributed by atoms with E-state index in [0.29, 0.717) is 16.5 Å². The van der Waals surface area contributed by atoms with E-state index in [1.165, 1.54) is 12.1 Å². The van der Waals surface area contributed by atoms with Crippen molar-refractivity contribution in [1.82, 2.24) is 0 Å². The van der Waals surface area contributed by atoms with Gasteiger partial charge in [-0.2, -0.15) is 0 Å². The third kappa shape index (κ3) is 3.38. The van der Waals surface area contributed by atoms with Gasteiger partial charge in [-0.15, -0.1) is 0 Å². The van der Waals surface area contributed by atoms with Gasteiger partial charge in [0, 0.05) is 12.1 Å². The minimum Gasteiger partial charge on any atom is -0.456 e. The van der Waals surface area contributed by atoms with Gasteiger partial charge in [0.25, 0.3) is 0 Å². The fourth-order valence-corrected chi connectivity index (χ4v) is 1.90. The maximum Gasteiger partial charge on any atom is 0.146 e. The maximum atomic E-state index is 13.3. The lowest BCUT2D eigenvalue weighted by Gasteiger charge is -2.11. The number of rotatable bonds is 3. The van der Waals surface area contributed by atoms with Crippen LogP contribution in [-0.4, -0.2) is 0 Å². The van der Waals surface area contributed by atoms with Crippen molar-refractivity contribution in [2.75, 3.05) is 0 Å². The van der Waals surface area contributed by atoms with Crippen molar-refractivity contribution < 1.29 is 9.13 Å². The Bertz CT molecular complexity index is 602. The van der Waals surface area contributed by atoms with E-state index in [4.69, 9.17) is 33.7 Å². The van der Waals surface area contributed by atoms with Gasteiger partial charge in [0.05, 0.1) is 10.0 Å². The maximum absolute atomic E-state index is 13.3. The van der Waals surface area contributed by atoms with E-state index in [1.807, 2.05) is 13.0 Å². The molecule has 19 heavy (non-hydrogen) atoms. The van der Waals surface area contributed by atoms with Gasteiger partial charge in [-0.3, -0.25) is 0 Å². The molecule has 0 aliphatic carbocycles. The molecule has 2 aromatic rings. The van der Waals surface area contributed by atoms with Crippen LogP contribution < -0.4 is 10.5 Å². The summed E-state index contributed by atoms with van der Waals surface area (Å²) in [7, 11) is 0. The van der Waals surface area contributed by atoms with E-state index in [1.54, 1.807) is 18.2 Å². The molecule has 0 spiro atoms. The molecule has 0 saturated carbocycles. The second-order valence-electron chi connectivity index (χ2n) is 4.16. The zero-order valence-corrected chi connectivity index (χ0v) is 11.7. The molecule has 0 fully saturated rings. The van der Waals surface area contributed by atoms with Gasteiger partial charge in [0.1, 0.15) is 17.3 Å². The topological polar surface area (TPSA) is 35.2 Å². The molecule has 0 heterocycles. The Labute approximate surface area is 120 Å². The predicted octanol–water partition coefficient (Wildman–Crippen LogP) is 4.94. The zero-order valence-electron chi connectivity index (χ0n) is 10.2. The molecule has 0 bridgehead atoms. The molecule has 0 aliphatic rings. The summed E-state index contributed by atoms with van der Waals surface area (Å²) in [5.74, 6) is 0.229. The fourth-order valence-electron chi connectivity index (χ4n) is 1.55. The summed E-state index contributed by atoms with van der Waals surface area (Å²) in [6.45, 7) is 1.86. The van der Waals surface area contributed by atoms with Crippen molar-refractivity contribution in [3.05, 3.63) is 57.8 Å². The summed E-state index contributed by atoms with van der Waals surface area (Å²) < 4.78 is 18.8. The Morgan fingerprint density at radius 1 is 1.11 bits per heavy atom. The van der Waals surface area contributed by atoms with Gasteiger partial charge in [0.15, 0.2) is 0 Å². The minimum atomic E-state index is -0.539. The summed E-state index contributed by atoms with van der Waals surface area (Å²) >= 11 is 11.7. The summed E-state index contributed by atoms with van der Waals surface area (Å²) in [5, 5.41) is 0.468. The van der Waals surface area contributed by atoms with Crippen LogP contribution in [-0.2, 0) is 0 Å². The minimum absolute atomic E-state index is 0.0470. The first-order valence-corrected chi connectivity index (χ1v) is 6.41. The molecular weight excluding hydrogens is 288 g/mol. The van der Waals surface area contributed by atoms with E-state index in [2.05, 4.69) is 0 Å². The van der Waals surface area contributed by atoms with Crippen LogP contribution in [0.2, 0.25) is 10.0 Å². The van der Waals surface area contributed by atoms with Crippen LogP contribution in [0.3, 0.4) is 0 Å². The van der Waals surface area contributed by atoms with Crippen LogP contribution in [0.5, 0.6) is 11.5 Å². The van der Waals surface area contributed by atoms with Crippen molar-refractivity contribution in [2.24, 2.45) is 5.73 Å². The summed E-state index contributed by atoms with van der Waals surface area (Å²) in [5.41, 5.74) is 6.66. The van der Waals surface area contributed by atoms with Gasteiger partial charge in [0.2, 0.25) is 0 Å². The van der Waals surface area contributed by atoms with Crippen LogP contribution in [0.4, 0.5) is 4.39 Å². The number of nitrogens with two attached hydrogens (primary N) is 1. The normalized spacial score (nSPS) is 12.3. The quantitative estimate of drug-likeness (QED) is 0.871. The van der Waals surface area contributed by atoms with Gasteiger partial charge in [-0.1, -0.05) is 29.3 Å². The van der Waals surface area contributed by atoms with Gasteiger partial charge >= 0.3 is 0 Å². The molecule has 2 rings (SSSR count). The van der Waals surface area contributed by atoms with E-state index in [9.17, 15) is 4.39 Å². The Morgan fingerprint density at radius 3 is 2.42 bits per heavy atom. The number of hydrogen-bond donors (Lipinski definition) is 1. The van der Waals surface area contributed by atoms with E-state index < -0.39 is 5.82 Å². The van der Waals surface area contributed by atoms with E-state index >= 15 is 0 Å². The molecule has 2 N–H and O–H groups in total. The molecule has 0 saturated heterocycles. The molecule has 0 aliphatic heterocycles. The highest BCUT2D eigenvalue weighted by Gasteiger charge is 2.08. The van der Waals surface area contributed by atoms with Gasteiger partial charge in [-0.05, 0) is 36.8 Å². The molecule has 1 atom stereocenters. The SMILES string of the molecule is CC(N)c1ccc(Oc2ccc(Cl)c(F)c2)c(Cl)c1. The van der Waals surface area contributed by atoms with Crippen molar-refractivity contribution in [2.45, 2.75) is 13.0 Å². The highest BCUT2D eigenvalue weighted by Crippen LogP contribution is 2.32. The van der Waals surface area contributed by atoms with Crippen LogP contribution in [0, 0.1) is 5.82 Å². The second-order valence-corrected chi connectivity index (χ2v) is 4.97. The Morgan fingerprint density at radius 2 is 1.84 bits per heavy atom. The first kappa shape index (κ1) is 14.1. The molecule has 100 valence electrons. The predicted molar refractivity (Wildman–Crippen MR) is 75.5 cm³/mol. The van der Waals surface area contributed by atoms with Crippen LogP contribution in [0.15, 0.2) is 36.4 Å². The monoisotopic (exact) mass is 299 g/mol. The largest absolute Gasteiger partial charge is 0.456 e. The Hall–Kier alpha value is -1.29. The summed E-state index contributed by atoms with van der Waals surface area (Å²) in [4.78, 5) is 0. The first-order valence-electron chi connectivity index (χ1n) is 5.65. The average Bonchev–Trinajstić information content (AvgIpc) is 2.36. The van der Waals surface area contributed by atoms with Gasteiger partial charge < -0.3 is 10.5 Å². The first-order chi connectivity index (χ1) is 8.97. The molecule has 1 unspecified atom stereocenters. The lowest BCUT2D eigenvalue weighted by molar-refractivity contribution is 0.476. The molecule has 2 aromatic carbocycles. The molecule has 5 heteroatoms. The van der Waals surface area contributed by atoms with E-state index in [-0.39, 0.29) is 11.1 Å². The molecule has 2 nitrogen and oxygen atoms in total. The Kier molecular flexibility index (Phi) is 4.30. The highest BCUT2D eigenvalue weighted by atomic mass is 35.5. The summed E-state index contributed by atoms with van der Waals surface area (Å²) in [6, 6.07) is 9.34. The zero-order chi connectivity index (χ0) is 14.0. The summed E-state index contributed by atoms with van der Waals surface area (Å²) in [6.07, 6.45) is 0. The van der Waals surface area contributed by atoms with Crippen molar-refractivity contribution in [1.29, 1.82) is 0 Å². The van der Waals surface area contributed by atoms with E-state index in [0.717, 1.165) is 5.56 Å². The standard InChI is InChI=1S/C14H12Cl2FNO/c1-8(18)9-2-5-14(12(16)6-9)19-10-3-4-11(15)13(17)7-10/h2-8H,18H2,1H3. The highest BCUT2D eigenvalue weighted by molar-refractivity contribution is 6.32. The van der Waals surface area contributed by atoms with Crippen molar-refractivity contribution >= 4 is 23.2 Å². The Balaban J connectivity index is 2.25. The number of halogens is 3. The molecule has 0 radical (unpaired) electrons. The second kappa shape index (κ2) is 5.78. The molecular formula is C14H12Cl2FNO. The number of benzene rings is 2. The molecule has 0 amide bonds. The third-order valence-corrected chi connectivity index (χ3v) is 3.20. The number of ether oxygens (including phenoxy) is 1. The fraction of sp³-hybridized carbons (Fsp3) is 0.143. The van der Waals surface area contributed by atoms with Crippen molar-refractivity contribution in [3.63, 3.8) is 0 Å². The lowest BCUT2D eigenvalue weighted by Crippen LogP contribution is -2.04. The van der Waals surface area contributed by atoms with Gasteiger partial charge in [-0.25, -0.2) is 4.39 Å². The van der Waals surface area contributed by atoms with Crippen LogP contribution >= 0.6 is 23.2 Å². The van der Waals surface area contributed by atoms with Crippen LogP contribution in [0.25, 0.3) is 0 Å². The smallest absolute Gasteiger partial charge is 0.146 e. The third-order valence-electron chi connectivity index (χ3n) is 2.60. The molecule has 0 aromatic heterocycles. The average molecular weight is 300 g/mol. The van der Waals surface area contributed by atoms with Crippen molar-refractivity contribution in [3.8, 4) is 11.5 Å². The van der Waals surface area contributed by atoms with Crippen LogP contribution in [0.1, 0.15) is 18.5 Å². The lowest BCUT2D eigenvalue weighted by atomic mass is 10.1. The number of hydrogen-bond acceptors (Lipinski definition) is 2.